The van der Waals surface area contributed by atoms with Crippen molar-refractivity contribution in [3.8, 4) is 11.8 Å². The fourth-order valence-corrected chi connectivity index (χ4v) is 3.11. The van der Waals surface area contributed by atoms with Gasteiger partial charge in [0.25, 0.3) is 0 Å². The maximum atomic E-state index is 13.4. The summed E-state index contributed by atoms with van der Waals surface area (Å²) in [5.41, 5.74) is -2.43. The first kappa shape index (κ1) is 36.7. The van der Waals surface area contributed by atoms with Crippen LogP contribution in [0, 0.1) is 0 Å². The van der Waals surface area contributed by atoms with Gasteiger partial charge in [-0.2, -0.15) is 0 Å². The van der Waals surface area contributed by atoms with Gasteiger partial charge in [0.1, 0.15) is 29.9 Å². The van der Waals surface area contributed by atoms with E-state index in [4.69, 9.17) is 19.0 Å². The normalized spacial score (nSPS) is 11.7. The van der Waals surface area contributed by atoms with Gasteiger partial charge in [0.2, 0.25) is 17.7 Å². The zero-order valence-electron chi connectivity index (χ0n) is 26.3. The average Bonchev–Trinajstić information content (AvgIpc) is 3.11. The van der Waals surface area contributed by atoms with Gasteiger partial charge in [-0.15, -0.1) is 4.73 Å². The summed E-state index contributed by atoms with van der Waals surface area (Å²) in [6.45, 7) is 13.1. The lowest BCUT2D eigenvalue weighted by molar-refractivity contribution is -0.150. The van der Waals surface area contributed by atoms with Crippen molar-refractivity contribution in [3.63, 3.8) is 0 Å². The van der Waals surface area contributed by atoms with Crippen LogP contribution in [0.5, 0.6) is 11.8 Å². The molecule has 0 radical (unpaired) electrons. The van der Waals surface area contributed by atoms with Gasteiger partial charge in [0.15, 0.2) is 0 Å². The summed E-state index contributed by atoms with van der Waals surface area (Å²) >= 11 is 0. The van der Waals surface area contributed by atoms with Gasteiger partial charge in [0, 0.05) is 38.3 Å². The van der Waals surface area contributed by atoms with Crippen LogP contribution in [0.4, 0.5) is 14.4 Å². The highest BCUT2D eigenvalue weighted by atomic mass is 16.7. The first-order valence-corrected chi connectivity index (χ1v) is 13.6. The highest BCUT2D eigenvalue weighted by molar-refractivity contribution is 5.86. The Morgan fingerprint density at radius 2 is 1.12 bits per heavy atom. The minimum absolute atomic E-state index is 0.0874. The average molecular weight is 616 g/mol. The van der Waals surface area contributed by atoms with Crippen molar-refractivity contribution in [2.75, 3.05) is 39.3 Å². The predicted octanol–water partition coefficient (Wildman–Crippen LogP) is 1.97. The summed E-state index contributed by atoms with van der Waals surface area (Å²) in [5, 5.41) is 24.5. The number of hydrogen-bond acceptors (Lipinski definition) is 11. The SMILES string of the molecule is CC(C)(C)OC(=O)NCCN(CC(=O)On1c(O)ccc1O)C(=O)CN(CCNC(=O)OC(C)(C)C)C(=O)OC(C)(C)C. The number of rotatable bonds is 11. The van der Waals surface area contributed by atoms with Crippen LogP contribution in [-0.2, 0) is 23.8 Å². The molecule has 0 saturated carbocycles. The summed E-state index contributed by atoms with van der Waals surface area (Å²) in [6.07, 6.45) is -2.34. The highest BCUT2D eigenvalue weighted by Gasteiger charge is 2.28. The summed E-state index contributed by atoms with van der Waals surface area (Å²) in [6, 6.07) is 2.17. The first-order valence-electron chi connectivity index (χ1n) is 13.6. The van der Waals surface area contributed by atoms with E-state index in [2.05, 4.69) is 10.6 Å². The number of carbonyl (C=O) groups is 5. The van der Waals surface area contributed by atoms with Gasteiger partial charge in [-0.1, -0.05) is 0 Å². The molecule has 1 aromatic rings. The van der Waals surface area contributed by atoms with Crippen molar-refractivity contribution in [3.05, 3.63) is 12.1 Å². The van der Waals surface area contributed by atoms with E-state index < -0.39 is 71.8 Å². The van der Waals surface area contributed by atoms with Crippen LogP contribution in [0.25, 0.3) is 0 Å². The van der Waals surface area contributed by atoms with Crippen LogP contribution in [0.3, 0.4) is 0 Å². The number of nitrogens with zero attached hydrogens (tertiary/aromatic N) is 3. The van der Waals surface area contributed by atoms with E-state index in [0.717, 1.165) is 21.9 Å². The molecule has 0 aliphatic rings. The number of hydrogen-bond donors (Lipinski definition) is 4. The molecule has 0 unspecified atom stereocenters. The van der Waals surface area contributed by atoms with E-state index in [1.807, 2.05) is 0 Å². The maximum absolute atomic E-state index is 13.4. The van der Waals surface area contributed by atoms with Crippen molar-refractivity contribution in [1.82, 2.24) is 25.2 Å². The van der Waals surface area contributed by atoms with Crippen LogP contribution >= 0.6 is 0 Å². The molecule has 16 heteroatoms. The van der Waals surface area contributed by atoms with Gasteiger partial charge in [0.05, 0.1) is 0 Å². The zero-order valence-corrected chi connectivity index (χ0v) is 26.3. The van der Waals surface area contributed by atoms with Crippen molar-refractivity contribution < 1.29 is 53.2 Å². The lowest BCUT2D eigenvalue weighted by Gasteiger charge is -2.29. The topological polar surface area (TPSA) is 198 Å². The molecule has 16 nitrogen and oxygen atoms in total. The lowest BCUT2D eigenvalue weighted by Crippen LogP contribution is -2.50. The van der Waals surface area contributed by atoms with Crippen LogP contribution in [0.15, 0.2) is 12.1 Å². The van der Waals surface area contributed by atoms with Gasteiger partial charge in [-0.05, 0) is 62.3 Å². The number of ether oxygens (including phenoxy) is 3. The highest BCUT2D eigenvalue weighted by Crippen LogP contribution is 2.18. The van der Waals surface area contributed by atoms with Gasteiger partial charge in [-0.25, -0.2) is 19.2 Å². The van der Waals surface area contributed by atoms with Crippen LogP contribution in [0.1, 0.15) is 62.3 Å². The monoisotopic (exact) mass is 615 g/mol. The van der Waals surface area contributed by atoms with Crippen molar-refractivity contribution in [2.45, 2.75) is 79.1 Å². The molecule has 0 bridgehead atoms. The number of carbonyl (C=O) groups excluding carboxylic acids is 5. The Balaban J connectivity index is 3.07. The molecule has 4 N–H and O–H groups in total. The summed E-state index contributed by atoms with van der Waals surface area (Å²) < 4.78 is 16.2. The van der Waals surface area contributed by atoms with Crippen molar-refractivity contribution in [2.24, 2.45) is 0 Å². The number of aromatic nitrogens is 1. The first-order chi connectivity index (χ1) is 19.6. The second kappa shape index (κ2) is 15.2. The predicted molar refractivity (Wildman–Crippen MR) is 152 cm³/mol. The number of amides is 4. The van der Waals surface area contributed by atoms with E-state index in [1.165, 1.54) is 0 Å². The van der Waals surface area contributed by atoms with Gasteiger partial charge >= 0.3 is 24.2 Å². The smallest absolute Gasteiger partial charge is 0.410 e. The van der Waals surface area contributed by atoms with Crippen LogP contribution in [0.2, 0.25) is 0 Å². The zero-order chi connectivity index (χ0) is 33.2. The van der Waals surface area contributed by atoms with E-state index >= 15 is 0 Å². The van der Waals surface area contributed by atoms with E-state index in [0.29, 0.717) is 4.73 Å². The minimum atomic E-state index is -1.05. The Morgan fingerprint density at radius 1 is 0.698 bits per heavy atom. The molecule has 0 atom stereocenters. The molecule has 0 fully saturated rings. The molecule has 0 aromatic carbocycles. The molecule has 0 spiro atoms. The van der Waals surface area contributed by atoms with Gasteiger partial charge in [-0.3, -0.25) is 9.69 Å². The summed E-state index contributed by atoms with van der Waals surface area (Å²) in [4.78, 5) is 70.1. The molecule has 0 aliphatic carbocycles. The van der Waals surface area contributed by atoms with Crippen LogP contribution < -0.4 is 15.5 Å². The molecule has 0 aliphatic heterocycles. The quantitative estimate of drug-likeness (QED) is 0.265. The number of nitrogens with one attached hydrogen (secondary N) is 2. The minimum Gasteiger partial charge on any atom is -0.492 e. The lowest BCUT2D eigenvalue weighted by atomic mass is 10.2. The molecule has 244 valence electrons. The third kappa shape index (κ3) is 15.4. The second-order valence-corrected chi connectivity index (χ2v) is 12.4. The third-order valence-electron chi connectivity index (χ3n) is 4.74. The Bertz CT molecular complexity index is 1110. The van der Waals surface area contributed by atoms with E-state index in [9.17, 15) is 34.2 Å². The molecule has 4 amide bonds. The molecule has 1 aromatic heterocycles. The van der Waals surface area contributed by atoms with Crippen LogP contribution in [-0.4, -0.2) is 111 Å². The molecule has 43 heavy (non-hydrogen) atoms. The Labute approximate surface area is 251 Å². The van der Waals surface area contributed by atoms with Gasteiger partial charge < -0.3 is 44.8 Å². The molecule has 0 saturated heterocycles. The number of alkyl carbamates (subject to hydrolysis) is 2. The Morgan fingerprint density at radius 3 is 1.53 bits per heavy atom. The number of aromatic hydroxyl groups is 2. The molecule has 1 rings (SSSR count). The fourth-order valence-electron chi connectivity index (χ4n) is 3.11. The molecule has 1 heterocycles. The Hall–Kier alpha value is -4.37. The molecular formula is C27H45N5O11. The Kier molecular flexibility index (Phi) is 13.0. The standard InChI is InChI=1S/C27H45N5O11/c1-25(2,3)40-22(37)28-12-14-30(17-21(36)43-32-18(33)10-11-19(32)34)20(35)16-31(24(39)42-27(7,8)9)15-13-29-23(38)41-26(4,5)6/h10-11,33-34H,12-17H2,1-9H3,(H,28,37)(H,29,38). The maximum Gasteiger partial charge on any atom is 0.410 e. The van der Waals surface area contributed by atoms with Crippen molar-refractivity contribution in [1.29, 1.82) is 0 Å². The second-order valence-electron chi connectivity index (χ2n) is 12.4. The van der Waals surface area contributed by atoms with E-state index in [1.54, 1.807) is 62.3 Å². The fraction of sp³-hybridized carbons (Fsp3) is 0.667. The summed E-state index contributed by atoms with van der Waals surface area (Å²) in [5.74, 6) is -2.93. The largest absolute Gasteiger partial charge is 0.492 e. The van der Waals surface area contributed by atoms with E-state index in [-0.39, 0.29) is 26.2 Å². The molecular weight excluding hydrogens is 570 g/mol. The summed E-state index contributed by atoms with van der Waals surface area (Å²) in [7, 11) is 0. The third-order valence-corrected chi connectivity index (χ3v) is 4.74. The van der Waals surface area contributed by atoms with Crippen molar-refractivity contribution >= 4 is 30.2 Å².